The molecule has 0 saturated heterocycles. The highest BCUT2D eigenvalue weighted by atomic mass is 15.1. The second-order valence-electron chi connectivity index (χ2n) is 13.0. The molecule has 0 bridgehead atoms. The zero-order chi connectivity index (χ0) is 33.6. The Morgan fingerprint density at radius 3 is 0.765 bits per heavy atom. The number of hydrogen-bond acceptors (Lipinski definition) is 4. The maximum absolute atomic E-state index is 9.50. The number of nitriles is 4. The number of H-pyrrole nitrogens is 13. The third-order valence-corrected chi connectivity index (χ3v) is 10.7. The average Bonchev–Trinajstić information content (AvgIpc) is 3.91. The van der Waals surface area contributed by atoms with Crippen LogP contribution in [0.15, 0.2) is 12.1 Å². The summed E-state index contributed by atoms with van der Waals surface area (Å²) in [7, 11) is 0. The van der Waals surface area contributed by atoms with E-state index in [1.807, 2.05) is 36.4 Å². The van der Waals surface area contributed by atoms with E-state index in [0.29, 0.717) is 11.4 Å². The summed E-state index contributed by atoms with van der Waals surface area (Å²) in [6, 6.07) is 11.6. The lowest BCUT2D eigenvalue weighted by Crippen LogP contribution is -1.92. The molecule has 13 N–H and O–H groups in total. The number of fused-ring (bicyclic) bond motifs is 23. The molecule has 51 heavy (non-hydrogen) atoms. The summed E-state index contributed by atoms with van der Waals surface area (Å²) < 4.78 is 0. The van der Waals surface area contributed by atoms with Gasteiger partial charge >= 0.3 is 0 Å². The second kappa shape index (κ2) is 7.71. The molecule has 2 radical (unpaired) electrons. The van der Waals surface area contributed by atoms with E-state index in [2.05, 4.69) is 64.8 Å². The fraction of sp³-hybridized carbons (Fsp3) is 0. The molecule has 0 aliphatic rings. The highest BCUT2D eigenvalue weighted by Crippen LogP contribution is 2.48. The molecule has 0 fully saturated rings. The van der Waals surface area contributed by atoms with Crippen molar-refractivity contribution in [2.45, 2.75) is 0 Å². The first-order valence-electron chi connectivity index (χ1n) is 15.8. The zero-order valence-electron chi connectivity index (χ0n) is 25.4. The molecule has 0 atom stereocenters. The van der Waals surface area contributed by atoms with Crippen LogP contribution in [0.2, 0.25) is 0 Å². The van der Waals surface area contributed by atoms with Crippen LogP contribution in [0.3, 0.4) is 0 Å². The maximum Gasteiger partial charge on any atom is 0.220 e. The molecule has 17 heteroatoms. The Bertz CT molecular complexity index is 3620. The predicted octanol–water partition coefficient (Wildman–Crippen LogP) is 6.73. The molecule has 236 valence electrons. The standard InChI is InChI=1S/C34H15N17/c35-3-7(4-36)11-1-9-13-15-17-19-21-22-20-18-16-14-10-2-12(8(5-37)6-38)40-24(10)42-26(14)44-28(16)46-30(18)48-32(20)50-34(22)51-33(21)49-31(19)47-29(17)45-27(15)43-25(13)41-23(9)39-11/h1-2,39-51H. The van der Waals surface area contributed by atoms with Crippen molar-refractivity contribution in [1.29, 1.82) is 21.0 Å². The van der Waals surface area contributed by atoms with Gasteiger partial charge in [0.2, 0.25) is 11.8 Å². The normalized spacial score (nSPS) is 13.0. The summed E-state index contributed by atoms with van der Waals surface area (Å²) in [6.07, 6.45) is 0. The predicted molar refractivity (Wildman–Crippen MR) is 190 cm³/mol. The topological polar surface area (TPSA) is 300 Å². The summed E-state index contributed by atoms with van der Waals surface area (Å²) in [6.45, 7) is 0. The second-order valence-corrected chi connectivity index (χ2v) is 13.0. The summed E-state index contributed by atoms with van der Waals surface area (Å²) in [4.78, 5) is 45.0. The molecule has 0 spiro atoms. The van der Waals surface area contributed by atoms with E-state index >= 15 is 0 Å². The fourth-order valence-electron chi connectivity index (χ4n) is 8.79. The van der Waals surface area contributed by atoms with Crippen LogP contribution in [0.25, 0.3) is 132 Å². The Labute approximate surface area is 277 Å². The van der Waals surface area contributed by atoms with Crippen LogP contribution < -0.4 is 0 Å². The lowest BCUT2D eigenvalue weighted by atomic mass is 10.1. The Morgan fingerprint density at radius 2 is 0.510 bits per heavy atom. The number of aromatic nitrogens is 13. The van der Waals surface area contributed by atoms with Crippen LogP contribution in [0.4, 0.5) is 0 Å². The number of hydrogen-bond donors (Lipinski definition) is 13. The van der Waals surface area contributed by atoms with Gasteiger partial charge in [0.15, 0.2) is 0 Å². The fourth-order valence-corrected chi connectivity index (χ4v) is 8.79. The van der Waals surface area contributed by atoms with Gasteiger partial charge in [-0.1, -0.05) is 0 Å². The van der Waals surface area contributed by atoms with E-state index in [0.717, 1.165) is 132 Å². The van der Waals surface area contributed by atoms with Gasteiger partial charge in [-0.3, -0.25) is 0 Å². The van der Waals surface area contributed by atoms with Gasteiger partial charge in [-0.15, -0.1) is 0 Å². The third kappa shape index (κ3) is 2.58. The first kappa shape index (κ1) is 24.8. The van der Waals surface area contributed by atoms with E-state index in [9.17, 15) is 21.0 Å². The van der Waals surface area contributed by atoms with E-state index in [1.165, 1.54) is 0 Å². The van der Waals surface area contributed by atoms with E-state index in [-0.39, 0.29) is 11.8 Å². The Kier molecular flexibility index (Phi) is 3.75. The van der Waals surface area contributed by atoms with Gasteiger partial charge in [-0.25, -0.2) is 0 Å². The Hall–Kier alpha value is -8.28. The highest BCUT2D eigenvalue weighted by Gasteiger charge is 2.28. The number of nitrogens with one attached hydrogen (secondary N) is 13. The number of rotatable bonds is 2. The first-order valence-corrected chi connectivity index (χ1v) is 15.8. The molecule has 13 aromatic rings. The van der Waals surface area contributed by atoms with Crippen LogP contribution in [0.1, 0.15) is 11.4 Å². The first-order chi connectivity index (χ1) is 25.0. The summed E-state index contributed by atoms with van der Waals surface area (Å²) in [5.41, 5.74) is 10.9. The Morgan fingerprint density at radius 1 is 0.294 bits per heavy atom. The van der Waals surface area contributed by atoms with Crippen LogP contribution in [0, 0.1) is 57.2 Å². The minimum atomic E-state index is 0.0161. The summed E-state index contributed by atoms with van der Waals surface area (Å²) in [5.74, 6) is 0.0323. The van der Waals surface area contributed by atoms with Gasteiger partial charge in [-0.2, -0.15) is 21.0 Å². The van der Waals surface area contributed by atoms with Crippen molar-refractivity contribution in [3.05, 3.63) is 35.4 Å². The van der Waals surface area contributed by atoms with Crippen molar-refractivity contribution < 1.29 is 0 Å². The highest BCUT2D eigenvalue weighted by molar-refractivity contribution is 6.43. The van der Waals surface area contributed by atoms with Gasteiger partial charge in [-0.05, 0) is 12.1 Å². The average molecular weight is 662 g/mol. The van der Waals surface area contributed by atoms with Crippen LogP contribution in [-0.2, 0) is 0 Å². The maximum atomic E-state index is 9.50. The van der Waals surface area contributed by atoms with Crippen molar-refractivity contribution in [3.8, 4) is 24.3 Å². The minimum absolute atomic E-state index is 0.0161. The molecule has 17 nitrogen and oxygen atoms in total. The summed E-state index contributed by atoms with van der Waals surface area (Å²) in [5, 5.41) is 49.7. The van der Waals surface area contributed by atoms with Crippen LogP contribution >= 0.6 is 0 Å². The molecule has 0 saturated carbocycles. The molecule has 0 unspecified atom stereocenters. The molecular weight excluding hydrogens is 646 g/mol. The monoisotopic (exact) mass is 661 g/mol. The lowest BCUT2D eigenvalue weighted by molar-refractivity contribution is 1.22. The molecule has 0 aliphatic heterocycles. The van der Waals surface area contributed by atoms with Gasteiger partial charge in [0.25, 0.3) is 0 Å². The molecule has 13 aromatic heterocycles. The molecular formula is C34H15N17. The van der Waals surface area contributed by atoms with Crippen molar-refractivity contribution in [2.24, 2.45) is 0 Å². The largest absolute Gasteiger partial charge is 0.342 e. The van der Waals surface area contributed by atoms with Gasteiger partial charge < -0.3 is 64.8 Å². The van der Waals surface area contributed by atoms with Gasteiger partial charge in [0.1, 0.15) is 67.8 Å². The molecule has 13 heterocycles. The molecule has 0 amide bonds. The zero-order valence-corrected chi connectivity index (χ0v) is 25.4. The van der Waals surface area contributed by atoms with Gasteiger partial charge in [0, 0.05) is 64.6 Å². The van der Waals surface area contributed by atoms with E-state index < -0.39 is 0 Å². The van der Waals surface area contributed by atoms with Crippen molar-refractivity contribution in [2.75, 3.05) is 0 Å². The van der Waals surface area contributed by atoms with Crippen molar-refractivity contribution in [3.63, 3.8) is 0 Å². The van der Waals surface area contributed by atoms with E-state index in [1.54, 1.807) is 0 Å². The lowest BCUT2D eigenvalue weighted by Gasteiger charge is -1.92. The SMILES string of the molecule is N#C[C](C#N)c1cc2c([nH]1)[nH]c1[nH]c3[nH]c4[nH]c5[nH]c6[nH]c7[nH]c8[nH]c9[nH]c%10[nH]c%11[nH]c%12[nH]c([C](C#N)C#N)cc%12c%11c%10c9c8c7c6c5c4c3c12. The van der Waals surface area contributed by atoms with E-state index in [4.69, 9.17) is 0 Å². The van der Waals surface area contributed by atoms with Crippen LogP contribution in [0.5, 0.6) is 0 Å². The van der Waals surface area contributed by atoms with Crippen LogP contribution in [-0.4, -0.2) is 64.8 Å². The van der Waals surface area contributed by atoms with Crippen molar-refractivity contribution >= 4 is 132 Å². The molecule has 0 aromatic carbocycles. The summed E-state index contributed by atoms with van der Waals surface area (Å²) >= 11 is 0. The Balaban J connectivity index is 1.16. The molecule has 13 rings (SSSR count). The number of nitrogens with zero attached hydrogens (tertiary/aromatic N) is 4. The van der Waals surface area contributed by atoms with Crippen molar-refractivity contribution in [1.82, 2.24) is 64.8 Å². The van der Waals surface area contributed by atoms with Gasteiger partial charge in [0.05, 0.1) is 35.7 Å². The minimum Gasteiger partial charge on any atom is -0.342 e. The quantitative estimate of drug-likeness (QED) is 0.0958. The smallest absolute Gasteiger partial charge is 0.220 e. The number of aromatic amines is 13. The molecule has 0 aliphatic carbocycles. The third-order valence-electron chi connectivity index (χ3n) is 10.7.